The first kappa shape index (κ1) is 14.1. The summed E-state index contributed by atoms with van der Waals surface area (Å²) in [6.45, 7) is 5.27. The van der Waals surface area contributed by atoms with Crippen molar-refractivity contribution in [2.24, 2.45) is 0 Å². The van der Waals surface area contributed by atoms with Crippen molar-refractivity contribution in [3.8, 4) is 0 Å². The Labute approximate surface area is 124 Å². The van der Waals surface area contributed by atoms with E-state index in [0.29, 0.717) is 0 Å². The molecule has 0 amide bonds. The maximum Gasteiger partial charge on any atom is 0.0346 e. The number of aryl methyl sites for hydroxylation is 3. The highest BCUT2D eigenvalue weighted by Gasteiger charge is 2.01. The lowest BCUT2D eigenvalue weighted by atomic mass is 10.1. The van der Waals surface area contributed by atoms with Crippen LogP contribution in [0.25, 0.3) is 0 Å². The van der Waals surface area contributed by atoms with Gasteiger partial charge in [-0.05, 0) is 55.5 Å². The number of nitrogens with one attached hydrogen (secondary N) is 1. The van der Waals surface area contributed by atoms with Gasteiger partial charge in [-0.15, -0.1) is 0 Å². The van der Waals surface area contributed by atoms with Crippen molar-refractivity contribution in [3.63, 3.8) is 0 Å². The summed E-state index contributed by atoms with van der Waals surface area (Å²) in [7, 11) is 0. The molecule has 2 aromatic rings. The van der Waals surface area contributed by atoms with E-state index in [9.17, 15) is 0 Å². The van der Waals surface area contributed by atoms with E-state index >= 15 is 0 Å². The fourth-order valence-corrected chi connectivity index (χ4v) is 2.45. The summed E-state index contributed by atoms with van der Waals surface area (Å²) in [5.41, 5.74) is 5.19. The van der Waals surface area contributed by atoms with Gasteiger partial charge >= 0.3 is 0 Å². The third-order valence-electron chi connectivity index (χ3n) is 3.25. The number of rotatable bonds is 5. The van der Waals surface area contributed by atoms with Crippen LogP contribution in [0.2, 0.25) is 0 Å². The summed E-state index contributed by atoms with van der Waals surface area (Å²) in [6.07, 6.45) is 2.28. The van der Waals surface area contributed by atoms with Crippen LogP contribution in [0.1, 0.15) is 23.1 Å². The van der Waals surface area contributed by atoms with Crippen LogP contribution in [0.3, 0.4) is 0 Å². The predicted octanol–water partition coefficient (Wildman–Crippen LogP) is 5.11. The van der Waals surface area contributed by atoms with Crippen molar-refractivity contribution in [2.45, 2.75) is 26.7 Å². The predicted molar refractivity (Wildman–Crippen MR) is 86.9 cm³/mol. The van der Waals surface area contributed by atoms with Crippen LogP contribution in [-0.4, -0.2) is 6.54 Å². The largest absolute Gasteiger partial charge is 0.385 e. The molecular formula is C17H20BrN. The zero-order valence-electron chi connectivity index (χ0n) is 11.5. The molecule has 0 aliphatic rings. The summed E-state index contributed by atoms with van der Waals surface area (Å²) in [6, 6.07) is 15.0. The summed E-state index contributed by atoms with van der Waals surface area (Å²) >= 11 is 3.60. The molecule has 0 saturated carbocycles. The Bertz CT molecular complexity index is 511. The minimum Gasteiger partial charge on any atom is -0.385 e. The van der Waals surface area contributed by atoms with Gasteiger partial charge in [0.25, 0.3) is 0 Å². The van der Waals surface area contributed by atoms with Crippen molar-refractivity contribution < 1.29 is 0 Å². The molecule has 2 aromatic carbocycles. The van der Waals surface area contributed by atoms with Gasteiger partial charge in [-0.2, -0.15) is 0 Å². The molecule has 2 heteroatoms. The molecule has 0 atom stereocenters. The van der Waals surface area contributed by atoms with Crippen LogP contribution >= 0.6 is 15.9 Å². The molecule has 0 saturated heterocycles. The molecule has 19 heavy (non-hydrogen) atoms. The first-order valence-corrected chi connectivity index (χ1v) is 7.50. The van der Waals surface area contributed by atoms with E-state index in [2.05, 4.69) is 77.6 Å². The Morgan fingerprint density at radius 1 is 1.00 bits per heavy atom. The fraction of sp³-hybridized carbons (Fsp3) is 0.294. The van der Waals surface area contributed by atoms with E-state index in [1.807, 2.05) is 0 Å². The monoisotopic (exact) mass is 317 g/mol. The molecule has 0 radical (unpaired) electrons. The van der Waals surface area contributed by atoms with Crippen LogP contribution in [0.5, 0.6) is 0 Å². The number of anilines is 1. The molecule has 1 N–H and O–H groups in total. The molecule has 0 aliphatic heterocycles. The number of hydrogen-bond donors (Lipinski definition) is 1. The van der Waals surface area contributed by atoms with Crippen molar-refractivity contribution in [1.82, 2.24) is 0 Å². The van der Waals surface area contributed by atoms with Gasteiger partial charge in [0.05, 0.1) is 0 Å². The first-order chi connectivity index (χ1) is 9.16. The number of benzene rings is 2. The molecular weight excluding hydrogens is 298 g/mol. The molecule has 0 unspecified atom stereocenters. The van der Waals surface area contributed by atoms with Gasteiger partial charge in [-0.3, -0.25) is 0 Å². The van der Waals surface area contributed by atoms with Crippen molar-refractivity contribution in [1.29, 1.82) is 0 Å². The zero-order valence-corrected chi connectivity index (χ0v) is 13.1. The van der Waals surface area contributed by atoms with Gasteiger partial charge in [-0.1, -0.05) is 46.3 Å². The van der Waals surface area contributed by atoms with Gasteiger partial charge in [-0.25, -0.2) is 0 Å². The average molecular weight is 318 g/mol. The molecule has 0 heterocycles. The smallest absolute Gasteiger partial charge is 0.0346 e. The minimum absolute atomic E-state index is 1.01. The minimum atomic E-state index is 1.01. The molecule has 100 valence electrons. The second kappa shape index (κ2) is 6.76. The highest BCUT2D eigenvalue weighted by Crippen LogP contribution is 2.24. The van der Waals surface area contributed by atoms with Gasteiger partial charge in [0.1, 0.15) is 0 Å². The average Bonchev–Trinajstić information content (AvgIpc) is 2.42. The van der Waals surface area contributed by atoms with E-state index in [4.69, 9.17) is 0 Å². The molecule has 0 bridgehead atoms. The van der Waals surface area contributed by atoms with E-state index in [1.54, 1.807) is 0 Å². The van der Waals surface area contributed by atoms with Crippen LogP contribution < -0.4 is 5.32 Å². The molecule has 0 spiro atoms. The van der Waals surface area contributed by atoms with Crippen LogP contribution in [0.4, 0.5) is 5.69 Å². The summed E-state index contributed by atoms with van der Waals surface area (Å²) in [5.74, 6) is 0. The van der Waals surface area contributed by atoms with Crippen LogP contribution in [-0.2, 0) is 6.42 Å². The second-order valence-electron chi connectivity index (χ2n) is 4.94. The third kappa shape index (κ3) is 4.10. The van der Waals surface area contributed by atoms with Crippen LogP contribution in [0, 0.1) is 13.8 Å². The lowest BCUT2D eigenvalue weighted by Gasteiger charge is -2.10. The van der Waals surface area contributed by atoms with Crippen molar-refractivity contribution in [2.75, 3.05) is 11.9 Å². The summed E-state index contributed by atoms with van der Waals surface area (Å²) in [4.78, 5) is 0. The van der Waals surface area contributed by atoms with Crippen molar-refractivity contribution in [3.05, 3.63) is 63.6 Å². The maximum absolute atomic E-state index is 3.60. The SMILES string of the molecule is Cc1cc(NCCCc2ccccc2)cc(C)c1Br. The Hall–Kier alpha value is -1.28. The van der Waals surface area contributed by atoms with E-state index in [0.717, 1.165) is 19.4 Å². The normalized spacial score (nSPS) is 10.5. The summed E-state index contributed by atoms with van der Waals surface area (Å²) < 4.78 is 1.21. The molecule has 0 aromatic heterocycles. The van der Waals surface area contributed by atoms with Crippen LogP contribution in [0.15, 0.2) is 46.9 Å². The molecule has 1 nitrogen and oxygen atoms in total. The fourth-order valence-electron chi connectivity index (χ4n) is 2.22. The third-order valence-corrected chi connectivity index (χ3v) is 4.50. The van der Waals surface area contributed by atoms with Gasteiger partial charge in [0, 0.05) is 16.7 Å². The van der Waals surface area contributed by atoms with E-state index in [-0.39, 0.29) is 0 Å². The lowest BCUT2D eigenvalue weighted by molar-refractivity contribution is 0.863. The van der Waals surface area contributed by atoms with Gasteiger partial charge < -0.3 is 5.32 Å². The van der Waals surface area contributed by atoms with Crippen molar-refractivity contribution >= 4 is 21.6 Å². The van der Waals surface area contributed by atoms with E-state index in [1.165, 1.54) is 26.9 Å². The Morgan fingerprint density at radius 3 is 2.26 bits per heavy atom. The van der Waals surface area contributed by atoms with E-state index < -0.39 is 0 Å². The lowest BCUT2D eigenvalue weighted by Crippen LogP contribution is -2.03. The second-order valence-corrected chi connectivity index (χ2v) is 5.73. The zero-order chi connectivity index (χ0) is 13.7. The highest BCUT2D eigenvalue weighted by molar-refractivity contribution is 9.10. The van der Waals surface area contributed by atoms with Gasteiger partial charge in [0.15, 0.2) is 0 Å². The topological polar surface area (TPSA) is 12.0 Å². The van der Waals surface area contributed by atoms with Gasteiger partial charge in [0.2, 0.25) is 0 Å². The molecule has 2 rings (SSSR count). The number of hydrogen-bond acceptors (Lipinski definition) is 1. The summed E-state index contributed by atoms with van der Waals surface area (Å²) in [5, 5.41) is 3.50. The number of halogens is 1. The first-order valence-electron chi connectivity index (χ1n) is 6.71. The Kier molecular flexibility index (Phi) is 5.03. The Balaban J connectivity index is 1.83. The molecule has 0 fully saturated rings. The quantitative estimate of drug-likeness (QED) is 0.755. The standard InChI is InChI=1S/C17H20BrN/c1-13-11-16(12-14(2)17(13)18)19-10-6-9-15-7-4-3-5-8-15/h3-5,7-8,11-12,19H,6,9-10H2,1-2H3. The highest BCUT2D eigenvalue weighted by atomic mass is 79.9. The Morgan fingerprint density at radius 2 is 1.63 bits per heavy atom. The maximum atomic E-state index is 3.60. The molecule has 0 aliphatic carbocycles.